The number of nitrogens with zero attached hydrogens (tertiary/aromatic N) is 1. The molecule has 4 unspecified atom stereocenters. The van der Waals surface area contributed by atoms with Crippen molar-refractivity contribution in [1.29, 1.82) is 0 Å². The largest absolute Gasteiger partial charge is 0.460 e. The maximum absolute atomic E-state index is 13.3. The number of Topliss-reactive ketones (excluding diaryl/α,β-unsaturated/α-hetero) is 1. The Kier molecular flexibility index (Phi) is 4.84. The number of ether oxygens (including phenoxy) is 1. The molecule has 0 N–H and O–H groups in total. The fraction of sp³-hybridized carbons (Fsp3) is 0.385. The summed E-state index contributed by atoms with van der Waals surface area (Å²) in [6.45, 7) is 10.5. The van der Waals surface area contributed by atoms with Crippen LogP contribution in [0.5, 0.6) is 0 Å². The molecule has 0 aromatic heterocycles. The number of esters is 1. The summed E-state index contributed by atoms with van der Waals surface area (Å²) in [5.74, 6) is -0.838. The highest BCUT2D eigenvalue weighted by Gasteiger charge is 2.54. The van der Waals surface area contributed by atoms with Crippen LogP contribution in [-0.2, 0) is 14.3 Å². The normalized spacial score (nSPS) is 31.9. The van der Waals surface area contributed by atoms with Gasteiger partial charge in [-0.15, -0.1) is 0 Å². The first-order chi connectivity index (χ1) is 14.2. The topological polar surface area (TPSA) is 46.6 Å². The molecule has 0 amide bonds. The van der Waals surface area contributed by atoms with Gasteiger partial charge in [-0.25, -0.2) is 4.79 Å². The summed E-state index contributed by atoms with van der Waals surface area (Å²) in [5, 5.41) is 0. The van der Waals surface area contributed by atoms with Crippen molar-refractivity contribution < 1.29 is 14.3 Å². The second-order valence-corrected chi connectivity index (χ2v) is 8.77. The van der Waals surface area contributed by atoms with Crippen molar-refractivity contribution in [2.45, 2.75) is 40.2 Å². The Hall–Kier alpha value is -2.88. The van der Waals surface area contributed by atoms with E-state index in [4.69, 9.17) is 4.74 Å². The number of carbonyl (C=O) groups excluding carboxylic acids is 2. The van der Waals surface area contributed by atoms with Gasteiger partial charge < -0.3 is 9.64 Å². The van der Waals surface area contributed by atoms with Crippen molar-refractivity contribution >= 4 is 17.4 Å². The molecule has 0 spiro atoms. The predicted octanol–water partition coefficient (Wildman–Crippen LogP) is 5.00. The van der Waals surface area contributed by atoms with E-state index in [1.54, 1.807) is 6.92 Å². The van der Waals surface area contributed by atoms with Gasteiger partial charge in [-0.2, -0.15) is 0 Å². The molecule has 3 aliphatic rings. The van der Waals surface area contributed by atoms with Gasteiger partial charge in [-0.3, -0.25) is 4.79 Å². The molecule has 4 rings (SSSR count). The first-order valence-electron chi connectivity index (χ1n) is 10.7. The smallest absolute Gasteiger partial charge is 0.379 e. The Morgan fingerprint density at radius 2 is 1.67 bits per heavy atom. The quantitative estimate of drug-likeness (QED) is 0.403. The zero-order valence-electron chi connectivity index (χ0n) is 18.3. The molecule has 1 aromatic carbocycles. The highest BCUT2D eigenvalue weighted by Crippen LogP contribution is 2.57. The number of carbonyl (C=O) groups is 2. The van der Waals surface area contributed by atoms with E-state index in [1.165, 1.54) is 11.1 Å². The summed E-state index contributed by atoms with van der Waals surface area (Å²) in [4.78, 5) is 27.9. The molecule has 0 radical (unpaired) electrons. The van der Waals surface area contributed by atoms with Crippen LogP contribution in [-0.4, -0.2) is 23.9 Å². The molecule has 1 heterocycles. The summed E-state index contributed by atoms with van der Waals surface area (Å²) in [6.07, 6.45) is 10.6. The molecule has 0 saturated heterocycles. The third-order valence-electron chi connectivity index (χ3n) is 6.78. The maximum atomic E-state index is 13.3. The number of benzene rings is 1. The van der Waals surface area contributed by atoms with Crippen LogP contribution in [0.25, 0.3) is 0 Å². The molecule has 4 atom stereocenters. The summed E-state index contributed by atoms with van der Waals surface area (Å²) in [7, 11) is 0. The second-order valence-electron chi connectivity index (χ2n) is 8.77. The van der Waals surface area contributed by atoms with Gasteiger partial charge in [0, 0.05) is 22.9 Å². The first-order valence-corrected chi connectivity index (χ1v) is 10.7. The van der Waals surface area contributed by atoms with E-state index < -0.39 is 22.7 Å². The number of allylic oxidation sites excluding steroid dienone is 4. The predicted molar refractivity (Wildman–Crippen MR) is 119 cm³/mol. The molecule has 2 aliphatic carbocycles. The zero-order chi connectivity index (χ0) is 21.7. The molecule has 1 aromatic rings. The van der Waals surface area contributed by atoms with E-state index >= 15 is 0 Å². The lowest BCUT2D eigenvalue weighted by molar-refractivity contribution is -0.152. The van der Waals surface area contributed by atoms with Gasteiger partial charge in [0.25, 0.3) is 5.78 Å². The Morgan fingerprint density at radius 1 is 1.03 bits per heavy atom. The summed E-state index contributed by atoms with van der Waals surface area (Å²) >= 11 is 0. The van der Waals surface area contributed by atoms with Crippen molar-refractivity contribution in [2.24, 2.45) is 17.3 Å². The van der Waals surface area contributed by atoms with Crippen LogP contribution in [0.3, 0.4) is 0 Å². The second kappa shape index (κ2) is 7.12. The Balaban J connectivity index is 2.01. The number of hydrogen-bond acceptors (Lipinski definition) is 4. The van der Waals surface area contributed by atoms with Gasteiger partial charge in [0.05, 0.1) is 12.1 Å². The van der Waals surface area contributed by atoms with E-state index in [0.717, 1.165) is 5.69 Å². The molecule has 1 aliphatic heterocycles. The highest BCUT2D eigenvalue weighted by atomic mass is 16.5. The molecular formula is C26H29NO3. The Morgan fingerprint density at radius 3 is 2.30 bits per heavy atom. The van der Waals surface area contributed by atoms with Crippen molar-refractivity contribution in [3.8, 4) is 0 Å². The summed E-state index contributed by atoms with van der Waals surface area (Å²) < 4.78 is 5.08. The van der Waals surface area contributed by atoms with Gasteiger partial charge in [0.1, 0.15) is 0 Å². The van der Waals surface area contributed by atoms with E-state index in [0.29, 0.717) is 5.57 Å². The molecule has 4 nitrogen and oxygen atoms in total. The van der Waals surface area contributed by atoms with Crippen LogP contribution >= 0.6 is 0 Å². The highest BCUT2D eigenvalue weighted by molar-refractivity contribution is 6.41. The molecule has 0 bridgehead atoms. The Bertz CT molecular complexity index is 1010. The summed E-state index contributed by atoms with van der Waals surface area (Å²) in [5.41, 5.74) is 2.86. The van der Waals surface area contributed by atoms with Crippen LogP contribution in [0, 0.1) is 17.3 Å². The number of para-hydroxylation sites is 1. The standard InChI is InChI=1S/C26H29NO3/c1-6-30-24(29)22(28)20-16-27(19-10-8-7-9-11-19)26(5)15-13-18(3)21-17(2)12-14-25(20,4)23(21)26/h7-18H,6H2,1-5H3. The monoisotopic (exact) mass is 403 g/mol. The molecule has 0 fully saturated rings. The van der Waals surface area contributed by atoms with Gasteiger partial charge in [-0.05, 0) is 50.3 Å². The first kappa shape index (κ1) is 20.4. The third-order valence-corrected chi connectivity index (χ3v) is 6.78. The van der Waals surface area contributed by atoms with Crippen molar-refractivity contribution in [3.63, 3.8) is 0 Å². The molecule has 4 heteroatoms. The molecule has 0 saturated carbocycles. The average molecular weight is 404 g/mol. The molecule has 156 valence electrons. The number of anilines is 1. The lowest BCUT2D eigenvalue weighted by Gasteiger charge is -2.56. The van der Waals surface area contributed by atoms with E-state index in [1.807, 2.05) is 36.5 Å². The van der Waals surface area contributed by atoms with Crippen LogP contribution in [0.15, 0.2) is 77.6 Å². The lowest BCUT2D eigenvalue weighted by Crippen LogP contribution is -2.56. The third kappa shape index (κ3) is 2.81. The van der Waals surface area contributed by atoms with Crippen molar-refractivity contribution in [2.75, 3.05) is 11.5 Å². The van der Waals surface area contributed by atoms with Crippen LogP contribution in [0.4, 0.5) is 5.69 Å². The fourth-order valence-corrected chi connectivity index (χ4v) is 5.39. The summed E-state index contributed by atoms with van der Waals surface area (Å²) in [6, 6.07) is 10.0. The lowest BCUT2D eigenvalue weighted by atomic mass is 9.56. The fourth-order valence-electron chi connectivity index (χ4n) is 5.39. The van der Waals surface area contributed by atoms with Gasteiger partial charge in [-0.1, -0.05) is 61.9 Å². The minimum atomic E-state index is -0.796. The molecular weight excluding hydrogens is 374 g/mol. The number of ketones is 1. The van der Waals surface area contributed by atoms with E-state index in [9.17, 15) is 9.59 Å². The van der Waals surface area contributed by atoms with Gasteiger partial charge in [0.2, 0.25) is 0 Å². The van der Waals surface area contributed by atoms with Gasteiger partial charge in [0.15, 0.2) is 0 Å². The zero-order valence-corrected chi connectivity index (χ0v) is 18.3. The number of rotatable bonds is 4. The van der Waals surface area contributed by atoms with Crippen LogP contribution < -0.4 is 4.90 Å². The van der Waals surface area contributed by atoms with Crippen molar-refractivity contribution in [1.82, 2.24) is 0 Å². The SMILES string of the molecule is CCOC(=O)C(=O)C1=CN(c2ccccc2)C2(C)C=CC(C)C3=C2C1(C)C=CC3C. The maximum Gasteiger partial charge on any atom is 0.379 e. The van der Waals surface area contributed by atoms with E-state index in [-0.39, 0.29) is 18.4 Å². The minimum absolute atomic E-state index is 0.176. The van der Waals surface area contributed by atoms with Gasteiger partial charge >= 0.3 is 5.97 Å². The number of hydrogen-bond donors (Lipinski definition) is 0. The Labute approximate surface area is 178 Å². The van der Waals surface area contributed by atoms with Crippen LogP contribution in [0.2, 0.25) is 0 Å². The van der Waals surface area contributed by atoms with E-state index in [2.05, 4.69) is 56.9 Å². The van der Waals surface area contributed by atoms with Crippen LogP contribution in [0.1, 0.15) is 34.6 Å². The van der Waals surface area contributed by atoms with Crippen molar-refractivity contribution in [3.05, 3.63) is 77.6 Å². The molecule has 30 heavy (non-hydrogen) atoms. The minimum Gasteiger partial charge on any atom is -0.460 e. The average Bonchev–Trinajstić information content (AvgIpc) is 2.73.